The quantitative estimate of drug-likeness (QED) is 0.388. The third-order valence-corrected chi connectivity index (χ3v) is 0.474. The molecule has 0 aliphatic carbocycles. The highest BCUT2D eigenvalue weighted by atomic mass is 19.0. The molecule has 0 saturated carbocycles. The standard InChI is InChI=1S/C3H8O3.FH/c1-2-3(4,5)6;/h4-6H,2H2,1H3;1H. The van der Waals surface area contributed by atoms with E-state index in [1.54, 1.807) is 0 Å². The van der Waals surface area contributed by atoms with Gasteiger partial charge in [0, 0.05) is 6.42 Å². The number of halogens is 1. The summed E-state index contributed by atoms with van der Waals surface area (Å²) in [6, 6.07) is 0. The van der Waals surface area contributed by atoms with E-state index in [9.17, 15) is 0 Å². The zero-order valence-electron chi connectivity index (χ0n) is 3.96. The minimum Gasteiger partial charge on any atom is -0.344 e. The molecule has 0 aromatic carbocycles. The molecule has 0 bridgehead atoms. The van der Waals surface area contributed by atoms with Gasteiger partial charge in [-0.3, -0.25) is 4.70 Å². The molecule has 0 saturated heterocycles. The van der Waals surface area contributed by atoms with E-state index in [1.165, 1.54) is 6.92 Å². The van der Waals surface area contributed by atoms with Crippen molar-refractivity contribution in [1.82, 2.24) is 0 Å². The van der Waals surface area contributed by atoms with Crippen LogP contribution in [0.1, 0.15) is 13.3 Å². The fraction of sp³-hybridized carbons (Fsp3) is 1.00. The highest BCUT2D eigenvalue weighted by Crippen LogP contribution is 1.95. The van der Waals surface area contributed by atoms with Crippen LogP contribution >= 0.6 is 0 Å². The molecular formula is C3H9FO3. The average Bonchev–Trinajstić information content (AvgIpc) is 1.35. The van der Waals surface area contributed by atoms with Crippen LogP contribution in [0.4, 0.5) is 4.70 Å². The number of rotatable bonds is 1. The summed E-state index contributed by atoms with van der Waals surface area (Å²) >= 11 is 0. The Kier molecular flexibility index (Phi) is 4.11. The van der Waals surface area contributed by atoms with Gasteiger partial charge in [-0.25, -0.2) is 0 Å². The van der Waals surface area contributed by atoms with E-state index in [2.05, 4.69) is 0 Å². The van der Waals surface area contributed by atoms with Crippen LogP contribution in [0, 0.1) is 0 Å². The van der Waals surface area contributed by atoms with Crippen molar-refractivity contribution in [2.45, 2.75) is 19.3 Å². The van der Waals surface area contributed by atoms with Gasteiger partial charge in [0.15, 0.2) is 0 Å². The minimum atomic E-state index is -2.46. The Labute approximate surface area is 40.6 Å². The third-order valence-electron chi connectivity index (χ3n) is 0.474. The van der Waals surface area contributed by atoms with Crippen LogP contribution < -0.4 is 0 Å². The molecule has 0 atom stereocenters. The summed E-state index contributed by atoms with van der Waals surface area (Å²) in [7, 11) is 0. The lowest BCUT2D eigenvalue weighted by atomic mass is 10.4. The molecule has 3 N–H and O–H groups in total. The molecule has 0 unspecified atom stereocenters. The number of aliphatic hydroxyl groups is 3. The Morgan fingerprint density at radius 2 is 1.43 bits per heavy atom. The molecule has 4 heteroatoms. The van der Waals surface area contributed by atoms with Gasteiger partial charge in [0.2, 0.25) is 0 Å². The van der Waals surface area contributed by atoms with E-state index < -0.39 is 5.97 Å². The number of hydrogen-bond donors (Lipinski definition) is 3. The summed E-state index contributed by atoms with van der Waals surface area (Å²) in [6.45, 7) is 1.46. The molecule has 0 amide bonds. The largest absolute Gasteiger partial charge is 0.344 e. The fourth-order valence-electron chi connectivity index (χ4n) is 0. The predicted octanol–water partition coefficient (Wildman–Crippen LogP) is -0.820. The maximum Gasteiger partial charge on any atom is 0.274 e. The van der Waals surface area contributed by atoms with Gasteiger partial charge in [-0.2, -0.15) is 0 Å². The Morgan fingerprint density at radius 3 is 1.43 bits per heavy atom. The molecule has 0 aliphatic rings. The van der Waals surface area contributed by atoms with Crippen molar-refractivity contribution >= 4 is 0 Å². The SMILES string of the molecule is CCC(O)(O)O.F. The first-order chi connectivity index (χ1) is 2.56. The van der Waals surface area contributed by atoms with Crippen molar-refractivity contribution in [3.63, 3.8) is 0 Å². The summed E-state index contributed by atoms with van der Waals surface area (Å²) in [5, 5.41) is 23.8. The van der Waals surface area contributed by atoms with Crippen molar-refractivity contribution < 1.29 is 20.0 Å². The summed E-state index contributed by atoms with van der Waals surface area (Å²) in [4.78, 5) is 0. The topological polar surface area (TPSA) is 60.7 Å². The van der Waals surface area contributed by atoms with Crippen LogP contribution in [0.15, 0.2) is 0 Å². The van der Waals surface area contributed by atoms with Crippen LogP contribution in [0.3, 0.4) is 0 Å². The normalized spacial score (nSPS) is 10.3. The van der Waals surface area contributed by atoms with Gasteiger partial charge in [0.05, 0.1) is 0 Å². The lowest BCUT2D eigenvalue weighted by molar-refractivity contribution is -0.312. The maximum absolute atomic E-state index is 7.94. The minimum absolute atomic E-state index is 0. The van der Waals surface area contributed by atoms with E-state index in [0.717, 1.165) is 0 Å². The monoisotopic (exact) mass is 112 g/mol. The molecule has 0 spiro atoms. The van der Waals surface area contributed by atoms with Gasteiger partial charge in [-0.05, 0) is 0 Å². The summed E-state index contributed by atoms with van der Waals surface area (Å²) in [6.07, 6.45) is -0.0625. The van der Waals surface area contributed by atoms with Gasteiger partial charge in [0.1, 0.15) is 0 Å². The molecule has 0 heterocycles. The zero-order chi connectivity index (χ0) is 5.21. The second kappa shape index (κ2) is 2.90. The molecule has 0 fully saturated rings. The van der Waals surface area contributed by atoms with Crippen molar-refractivity contribution in [1.29, 1.82) is 0 Å². The van der Waals surface area contributed by atoms with E-state index in [-0.39, 0.29) is 11.1 Å². The first-order valence-electron chi connectivity index (χ1n) is 1.73. The average molecular weight is 112 g/mol. The summed E-state index contributed by atoms with van der Waals surface area (Å²) in [5.41, 5.74) is 0. The molecular weight excluding hydrogens is 103 g/mol. The summed E-state index contributed by atoms with van der Waals surface area (Å²) < 4.78 is 0. The van der Waals surface area contributed by atoms with Crippen LogP contribution in [-0.4, -0.2) is 21.3 Å². The molecule has 7 heavy (non-hydrogen) atoms. The van der Waals surface area contributed by atoms with Crippen LogP contribution in [0.25, 0.3) is 0 Å². The van der Waals surface area contributed by atoms with Crippen LogP contribution in [-0.2, 0) is 0 Å². The highest BCUT2D eigenvalue weighted by molar-refractivity contribution is 4.35. The Morgan fingerprint density at radius 1 is 1.29 bits per heavy atom. The van der Waals surface area contributed by atoms with Gasteiger partial charge in [0.25, 0.3) is 5.97 Å². The lowest BCUT2D eigenvalue weighted by Crippen LogP contribution is -2.24. The Bertz CT molecular complexity index is 39.9. The van der Waals surface area contributed by atoms with E-state index in [4.69, 9.17) is 15.3 Å². The number of hydrogen-bond acceptors (Lipinski definition) is 3. The van der Waals surface area contributed by atoms with E-state index in [0.29, 0.717) is 0 Å². The van der Waals surface area contributed by atoms with Crippen molar-refractivity contribution in [3.05, 3.63) is 0 Å². The van der Waals surface area contributed by atoms with Crippen molar-refractivity contribution in [3.8, 4) is 0 Å². The molecule has 46 valence electrons. The molecule has 0 aliphatic heterocycles. The van der Waals surface area contributed by atoms with Crippen molar-refractivity contribution in [2.75, 3.05) is 0 Å². The fourth-order valence-corrected chi connectivity index (χ4v) is 0. The summed E-state index contributed by atoms with van der Waals surface area (Å²) in [5.74, 6) is -2.46. The third kappa shape index (κ3) is 10.7. The molecule has 0 rings (SSSR count). The van der Waals surface area contributed by atoms with Crippen molar-refractivity contribution in [2.24, 2.45) is 0 Å². The first-order valence-corrected chi connectivity index (χ1v) is 1.73. The lowest BCUT2D eigenvalue weighted by Gasteiger charge is -2.08. The predicted molar refractivity (Wildman–Crippen MR) is 22.2 cm³/mol. The van der Waals surface area contributed by atoms with E-state index >= 15 is 0 Å². The molecule has 0 radical (unpaired) electrons. The Hall–Kier alpha value is -0.190. The Balaban J connectivity index is 0. The van der Waals surface area contributed by atoms with Gasteiger partial charge in [-0.15, -0.1) is 0 Å². The second-order valence-corrected chi connectivity index (χ2v) is 1.13. The molecule has 0 aromatic heterocycles. The smallest absolute Gasteiger partial charge is 0.274 e. The molecule has 3 nitrogen and oxygen atoms in total. The second-order valence-electron chi connectivity index (χ2n) is 1.13. The van der Waals surface area contributed by atoms with Gasteiger partial charge < -0.3 is 15.3 Å². The molecule has 0 aromatic rings. The van der Waals surface area contributed by atoms with Gasteiger partial charge >= 0.3 is 0 Å². The first kappa shape index (κ1) is 9.94. The van der Waals surface area contributed by atoms with Gasteiger partial charge in [-0.1, -0.05) is 6.92 Å². The highest BCUT2D eigenvalue weighted by Gasteiger charge is 2.11. The zero-order valence-corrected chi connectivity index (χ0v) is 3.96. The van der Waals surface area contributed by atoms with Crippen LogP contribution in [0.5, 0.6) is 0 Å². The maximum atomic E-state index is 7.94. The van der Waals surface area contributed by atoms with Crippen LogP contribution in [0.2, 0.25) is 0 Å². The van der Waals surface area contributed by atoms with E-state index in [1.807, 2.05) is 0 Å².